The summed E-state index contributed by atoms with van der Waals surface area (Å²) < 4.78 is 105. The number of sulfonamides is 1. The van der Waals surface area contributed by atoms with E-state index in [9.17, 15) is 35.2 Å². The monoisotopic (exact) mass is 587 g/mol. The fraction of sp³-hybridized carbons (Fsp3) is 0.227. The van der Waals surface area contributed by atoms with Gasteiger partial charge >= 0.3 is 18.1 Å². The van der Waals surface area contributed by atoms with Gasteiger partial charge in [0, 0.05) is 23.5 Å². The van der Waals surface area contributed by atoms with E-state index in [2.05, 4.69) is 30.1 Å². The van der Waals surface area contributed by atoms with Gasteiger partial charge in [-0.25, -0.2) is 17.9 Å². The number of halogens is 5. The highest BCUT2D eigenvalue weighted by molar-refractivity contribution is 7.92. The zero-order valence-electron chi connectivity index (χ0n) is 20.6. The van der Waals surface area contributed by atoms with Crippen LogP contribution in [0.3, 0.4) is 0 Å². The van der Waals surface area contributed by atoms with Gasteiger partial charge in [-0.05, 0) is 37.3 Å². The van der Waals surface area contributed by atoms with Crippen molar-refractivity contribution in [1.29, 1.82) is 0 Å². The first kappa shape index (κ1) is 28.4. The largest absolute Gasteiger partial charge is 0.481 e. The Balaban J connectivity index is 1.55. The second-order valence-corrected chi connectivity index (χ2v) is 9.70. The molecule has 0 fully saturated rings. The summed E-state index contributed by atoms with van der Waals surface area (Å²) in [4.78, 5) is 24.0. The van der Waals surface area contributed by atoms with E-state index in [0.717, 1.165) is 18.2 Å². The average molecular weight is 587 g/mol. The summed E-state index contributed by atoms with van der Waals surface area (Å²) in [6.07, 6.45) is -5.91. The van der Waals surface area contributed by atoms with Crippen LogP contribution in [0.15, 0.2) is 47.4 Å². The summed E-state index contributed by atoms with van der Waals surface area (Å²) in [5, 5.41) is 5.94. The van der Waals surface area contributed by atoms with E-state index in [1.165, 1.54) is 39.3 Å². The molecule has 18 heteroatoms. The fourth-order valence-electron chi connectivity index (χ4n) is 3.34. The molecule has 212 valence electrons. The lowest BCUT2D eigenvalue weighted by Gasteiger charge is -2.20. The predicted octanol–water partition coefficient (Wildman–Crippen LogP) is 3.55. The molecule has 4 aromatic rings. The average Bonchev–Trinajstić information content (AvgIpc) is 3.31. The molecule has 0 unspecified atom stereocenters. The fourth-order valence-corrected chi connectivity index (χ4v) is 4.33. The SMILES string of the molecule is COc1cc(NS(=O)(=O)c2ccc(NC(=O)c3cc4nc(C)cc(C(F)(F)C(F)(F)F)n4n3)cc2)nc(OC)n1. The molecule has 0 spiro atoms. The second-order valence-electron chi connectivity index (χ2n) is 8.02. The molecule has 1 aromatic carbocycles. The first-order valence-corrected chi connectivity index (χ1v) is 12.4. The minimum Gasteiger partial charge on any atom is -0.481 e. The number of nitrogens with one attached hydrogen (secondary N) is 2. The molecule has 0 aliphatic heterocycles. The molecule has 2 N–H and O–H groups in total. The lowest BCUT2D eigenvalue weighted by molar-refractivity contribution is -0.291. The number of nitrogens with zero attached hydrogens (tertiary/aromatic N) is 5. The van der Waals surface area contributed by atoms with E-state index >= 15 is 0 Å². The summed E-state index contributed by atoms with van der Waals surface area (Å²) in [7, 11) is -1.57. The second kappa shape index (κ2) is 10.2. The highest BCUT2D eigenvalue weighted by atomic mass is 32.2. The first-order valence-electron chi connectivity index (χ1n) is 10.9. The van der Waals surface area contributed by atoms with Crippen molar-refractivity contribution >= 4 is 33.1 Å². The van der Waals surface area contributed by atoms with E-state index in [0.29, 0.717) is 6.07 Å². The zero-order chi connectivity index (χ0) is 29.5. The number of carbonyl (C=O) groups excluding carboxylic acids is 1. The van der Waals surface area contributed by atoms with Gasteiger partial charge in [0.05, 0.1) is 19.1 Å². The normalized spacial score (nSPS) is 12.3. The van der Waals surface area contributed by atoms with E-state index in [4.69, 9.17) is 9.47 Å². The van der Waals surface area contributed by atoms with Gasteiger partial charge in [-0.3, -0.25) is 9.52 Å². The Morgan fingerprint density at radius 3 is 2.23 bits per heavy atom. The Kier molecular flexibility index (Phi) is 7.22. The van der Waals surface area contributed by atoms with Crippen molar-refractivity contribution in [3.05, 3.63) is 59.5 Å². The molecule has 0 atom stereocenters. The molecule has 3 heterocycles. The molecule has 3 aromatic heterocycles. The van der Waals surface area contributed by atoms with Crippen LogP contribution in [-0.4, -0.2) is 59.3 Å². The zero-order valence-corrected chi connectivity index (χ0v) is 21.4. The third kappa shape index (κ3) is 5.56. The topological polar surface area (TPSA) is 150 Å². The molecular weight excluding hydrogens is 569 g/mol. The first-order chi connectivity index (χ1) is 18.6. The van der Waals surface area contributed by atoms with Gasteiger partial charge in [-0.2, -0.15) is 37.0 Å². The van der Waals surface area contributed by atoms with Crippen molar-refractivity contribution in [2.45, 2.75) is 23.9 Å². The van der Waals surface area contributed by atoms with Crippen LogP contribution in [-0.2, 0) is 15.9 Å². The van der Waals surface area contributed by atoms with Gasteiger partial charge in [0.1, 0.15) is 5.69 Å². The number of benzene rings is 1. The van der Waals surface area contributed by atoms with Gasteiger partial charge in [-0.15, -0.1) is 0 Å². The molecule has 0 aliphatic rings. The number of aryl methyl sites for hydroxylation is 1. The maximum absolute atomic E-state index is 14.1. The van der Waals surface area contributed by atoms with Crippen LogP contribution < -0.4 is 19.5 Å². The Labute approximate surface area is 222 Å². The molecule has 0 saturated heterocycles. The Morgan fingerprint density at radius 2 is 1.62 bits per heavy atom. The number of alkyl halides is 5. The van der Waals surface area contributed by atoms with Crippen LogP contribution in [0.2, 0.25) is 0 Å². The summed E-state index contributed by atoms with van der Waals surface area (Å²) in [6, 6.07) is 7.25. The molecule has 12 nitrogen and oxygen atoms in total. The van der Waals surface area contributed by atoms with Crippen molar-refractivity contribution in [3.63, 3.8) is 0 Å². The van der Waals surface area contributed by atoms with Gasteiger partial charge in [0.25, 0.3) is 15.9 Å². The number of anilines is 2. The molecule has 0 saturated carbocycles. The molecule has 0 bridgehead atoms. The van der Waals surface area contributed by atoms with Crippen molar-refractivity contribution in [2.24, 2.45) is 0 Å². The number of rotatable bonds is 8. The number of hydrogen-bond acceptors (Lipinski definition) is 9. The van der Waals surface area contributed by atoms with Gasteiger partial charge in [0.2, 0.25) is 5.88 Å². The van der Waals surface area contributed by atoms with Crippen LogP contribution in [0.5, 0.6) is 11.9 Å². The quantitative estimate of drug-likeness (QED) is 0.295. The minimum absolute atomic E-state index is 0.0363. The van der Waals surface area contributed by atoms with Crippen molar-refractivity contribution in [2.75, 3.05) is 24.3 Å². The third-order valence-corrected chi connectivity index (χ3v) is 6.57. The summed E-state index contributed by atoms with van der Waals surface area (Å²) in [5.41, 5.74) is -2.52. The van der Waals surface area contributed by atoms with Crippen LogP contribution >= 0.6 is 0 Å². The number of hydrogen-bond donors (Lipinski definition) is 2. The van der Waals surface area contributed by atoms with E-state index < -0.39 is 45.1 Å². The minimum atomic E-state index is -5.91. The maximum atomic E-state index is 14.1. The smallest absolute Gasteiger partial charge is 0.459 e. The number of amides is 1. The van der Waals surface area contributed by atoms with Gasteiger partial charge in [-0.1, -0.05) is 0 Å². The summed E-state index contributed by atoms with van der Waals surface area (Å²) in [5.74, 6) is -6.35. The van der Waals surface area contributed by atoms with Crippen LogP contribution in [0.1, 0.15) is 21.9 Å². The third-order valence-electron chi connectivity index (χ3n) is 5.20. The highest BCUT2D eigenvalue weighted by Gasteiger charge is 2.60. The molecule has 1 amide bonds. The van der Waals surface area contributed by atoms with Crippen LogP contribution in [0.25, 0.3) is 5.65 Å². The number of fused-ring (bicyclic) bond motifs is 1. The Bertz CT molecular complexity index is 1670. The summed E-state index contributed by atoms with van der Waals surface area (Å²) in [6.45, 7) is 1.21. The number of carbonyl (C=O) groups is 1. The lowest BCUT2D eigenvalue weighted by Crippen LogP contribution is -2.36. The summed E-state index contributed by atoms with van der Waals surface area (Å²) >= 11 is 0. The molecule has 4 rings (SSSR count). The number of methoxy groups -OCH3 is 2. The molecule has 40 heavy (non-hydrogen) atoms. The van der Waals surface area contributed by atoms with Crippen molar-refractivity contribution in [3.8, 4) is 11.9 Å². The van der Waals surface area contributed by atoms with Gasteiger partial charge < -0.3 is 14.8 Å². The van der Waals surface area contributed by atoms with Gasteiger partial charge in [0.15, 0.2) is 17.2 Å². The lowest BCUT2D eigenvalue weighted by atomic mass is 10.2. The van der Waals surface area contributed by atoms with Crippen LogP contribution in [0.4, 0.5) is 33.5 Å². The Hall–Kier alpha value is -4.61. The Morgan fingerprint density at radius 1 is 0.950 bits per heavy atom. The molecule has 0 aliphatic carbocycles. The van der Waals surface area contributed by atoms with Crippen molar-refractivity contribution < 1.29 is 44.6 Å². The highest BCUT2D eigenvalue weighted by Crippen LogP contribution is 2.43. The van der Waals surface area contributed by atoms with E-state index in [1.54, 1.807) is 0 Å². The predicted molar refractivity (Wildman–Crippen MR) is 128 cm³/mol. The van der Waals surface area contributed by atoms with Crippen LogP contribution in [0, 0.1) is 6.92 Å². The number of aromatic nitrogens is 5. The standard InChI is InChI=1S/C22H18F5N7O5S/c1-11-8-15(21(23,24)22(25,26)27)34-17(28-11)9-14(32-34)19(35)29-12-4-6-13(7-5-12)40(36,37)33-16-10-18(38-2)31-20(30-16)39-3/h4-10H,1-3H3,(H,29,35)(H,30,31,33). The molecule has 0 radical (unpaired) electrons. The number of ether oxygens (including phenoxy) is 2. The maximum Gasteiger partial charge on any atom is 0.459 e. The van der Waals surface area contributed by atoms with Crippen molar-refractivity contribution in [1.82, 2.24) is 24.6 Å². The van der Waals surface area contributed by atoms with E-state index in [1.807, 2.05) is 0 Å². The molecular formula is C22H18F5N7O5S. The van der Waals surface area contributed by atoms with E-state index in [-0.39, 0.29) is 38.5 Å².